The number of benzene rings is 1. The first-order chi connectivity index (χ1) is 8.94. The lowest BCUT2D eigenvalue weighted by Gasteiger charge is -2.38. The molecule has 0 saturated carbocycles. The van der Waals surface area contributed by atoms with Gasteiger partial charge in [-0.3, -0.25) is 0 Å². The number of aliphatic hydroxyl groups excluding tert-OH is 1. The van der Waals surface area contributed by atoms with E-state index in [1.807, 2.05) is 0 Å². The summed E-state index contributed by atoms with van der Waals surface area (Å²) in [7, 11) is 0. The smallest absolute Gasteiger partial charge is 0.0705 e. The van der Waals surface area contributed by atoms with Crippen molar-refractivity contribution in [3.8, 4) is 0 Å². The van der Waals surface area contributed by atoms with Gasteiger partial charge in [0.25, 0.3) is 0 Å². The number of ether oxygens (including phenoxy) is 1. The van der Waals surface area contributed by atoms with E-state index in [1.54, 1.807) is 0 Å². The van der Waals surface area contributed by atoms with E-state index in [-0.39, 0.29) is 12.2 Å². The first kappa shape index (κ1) is 16.2. The molecule has 0 heterocycles. The van der Waals surface area contributed by atoms with Crippen LogP contribution in [0.25, 0.3) is 0 Å². The van der Waals surface area contributed by atoms with Gasteiger partial charge in [-0.15, -0.1) is 0 Å². The topological polar surface area (TPSA) is 29.5 Å². The van der Waals surface area contributed by atoms with E-state index in [1.165, 1.54) is 11.1 Å². The molecule has 108 valence electrons. The molecule has 0 aromatic heterocycles. The van der Waals surface area contributed by atoms with E-state index in [9.17, 15) is 0 Å². The molecule has 2 nitrogen and oxygen atoms in total. The zero-order chi connectivity index (χ0) is 14.5. The Labute approximate surface area is 117 Å². The summed E-state index contributed by atoms with van der Waals surface area (Å²) < 4.78 is 5.91. The molecule has 1 rings (SSSR count). The summed E-state index contributed by atoms with van der Waals surface area (Å²) in [4.78, 5) is 0. The van der Waals surface area contributed by atoms with Crippen LogP contribution in [0.1, 0.15) is 51.7 Å². The number of aryl methyl sites for hydroxylation is 1. The van der Waals surface area contributed by atoms with E-state index in [0.29, 0.717) is 18.4 Å². The van der Waals surface area contributed by atoms with Gasteiger partial charge in [0.1, 0.15) is 0 Å². The highest BCUT2D eigenvalue weighted by atomic mass is 16.5. The molecule has 0 spiro atoms. The Hall–Kier alpha value is -0.860. The van der Waals surface area contributed by atoms with Gasteiger partial charge in [-0.05, 0) is 37.3 Å². The zero-order valence-corrected chi connectivity index (χ0v) is 12.9. The summed E-state index contributed by atoms with van der Waals surface area (Å²) in [5.41, 5.74) is 2.49. The van der Waals surface area contributed by atoms with Crippen molar-refractivity contribution >= 4 is 0 Å². The molecule has 0 amide bonds. The van der Waals surface area contributed by atoms with Crippen LogP contribution < -0.4 is 0 Å². The van der Waals surface area contributed by atoms with Crippen LogP contribution in [0.15, 0.2) is 24.3 Å². The van der Waals surface area contributed by atoms with Crippen molar-refractivity contribution in [3.63, 3.8) is 0 Å². The highest BCUT2D eigenvalue weighted by Gasteiger charge is 2.34. The van der Waals surface area contributed by atoms with E-state index >= 15 is 0 Å². The van der Waals surface area contributed by atoms with Crippen LogP contribution in [0.5, 0.6) is 0 Å². The van der Waals surface area contributed by atoms with Crippen LogP contribution >= 0.6 is 0 Å². The lowest BCUT2D eigenvalue weighted by Crippen LogP contribution is -2.37. The van der Waals surface area contributed by atoms with Gasteiger partial charge in [0.15, 0.2) is 0 Å². The first-order valence-corrected chi connectivity index (χ1v) is 7.26. The number of hydrogen-bond acceptors (Lipinski definition) is 2. The molecular formula is C17H28O2. The van der Waals surface area contributed by atoms with Gasteiger partial charge in [0, 0.05) is 5.92 Å². The third-order valence-electron chi connectivity index (χ3n) is 3.75. The number of hydrogen-bond donors (Lipinski definition) is 1. The van der Waals surface area contributed by atoms with Crippen LogP contribution in [0.2, 0.25) is 0 Å². The Bertz CT molecular complexity index is 383. The maximum absolute atomic E-state index is 9.00. The van der Waals surface area contributed by atoms with Crippen molar-refractivity contribution in [3.05, 3.63) is 35.4 Å². The molecule has 0 radical (unpaired) electrons. The molecule has 0 aliphatic heterocycles. The molecule has 0 bridgehead atoms. The SMILES string of the molecule is CCc1ccccc1C(C(C)C)C(C)(C)OCCO. The molecule has 0 aliphatic rings. The van der Waals surface area contributed by atoms with Gasteiger partial charge in [-0.25, -0.2) is 0 Å². The van der Waals surface area contributed by atoms with Gasteiger partial charge in [0.2, 0.25) is 0 Å². The molecule has 0 aliphatic carbocycles. The van der Waals surface area contributed by atoms with Gasteiger partial charge in [-0.2, -0.15) is 0 Å². The van der Waals surface area contributed by atoms with Crippen LogP contribution in [0, 0.1) is 5.92 Å². The van der Waals surface area contributed by atoms with Crippen molar-refractivity contribution in [2.24, 2.45) is 5.92 Å². The summed E-state index contributed by atoms with van der Waals surface area (Å²) in [6.45, 7) is 11.4. The van der Waals surface area contributed by atoms with Gasteiger partial charge >= 0.3 is 0 Å². The second-order valence-electron chi connectivity index (χ2n) is 5.95. The summed E-state index contributed by atoms with van der Waals surface area (Å²) in [6.07, 6.45) is 1.04. The normalized spacial score (nSPS) is 13.8. The molecule has 1 aromatic rings. The quantitative estimate of drug-likeness (QED) is 0.812. The fraction of sp³-hybridized carbons (Fsp3) is 0.647. The van der Waals surface area contributed by atoms with E-state index < -0.39 is 0 Å². The van der Waals surface area contributed by atoms with Crippen LogP contribution in [0.3, 0.4) is 0 Å². The van der Waals surface area contributed by atoms with Crippen molar-refractivity contribution in [2.75, 3.05) is 13.2 Å². The lowest BCUT2D eigenvalue weighted by molar-refractivity contribution is -0.0600. The Morgan fingerprint density at radius 1 is 1.21 bits per heavy atom. The van der Waals surface area contributed by atoms with E-state index in [4.69, 9.17) is 9.84 Å². The van der Waals surface area contributed by atoms with Crippen LogP contribution in [0.4, 0.5) is 0 Å². The predicted octanol–water partition coefficient (Wildman–Crippen LogP) is 3.78. The molecule has 0 saturated heterocycles. The first-order valence-electron chi connectivity index (χ1n) is 7.26. The second-order valence-corrected chi connectivity index (χ2v) is 5.95. The standard InChI is InChI=1S/C17H28O2/c1-6-14-9-7-8-10-15(14)16(13(2)3)17(4,5)19-12-11-18/h7-10,13,16,18H,6,11-12H2,1-5H3. The van der Waals surface area contributed by atoms with Gasteiger partial charge in [0.05, 0.1) is 18.8 Å². The van der Waals surface area contributed by atoms with Gasteiger partial charge < -0.3 is 9.84 Å². The number of aliphatic hydroxyl groups is 1. The summed E-state index contributed by atoms with van der Waals surface area (Å²) in [6, 6.07) is 8.62. The molecule has 0 fully saturated rings. The van der Waals surface area contributed by atoms with Crippen molar-refractivity contribution in [1.29, 1.82) is 0 Å². The highest BCUT2D eigenvalue weighted by molar-refractivity contribution is 5.32. The predicted molar refractivity (Wildman–Crippen MR) is 80.5 cm³/mol. The van der Waals surface area contributed by atoms with Crippen LogP contribution in [-0.4, -0.2) is 23.9 Å². The third-order valence-corrected chi connectivity index (χ3v) is 3.75. The minimum Gasteiger partial charge on any atom is -0.394 e. The fourth-order valence-corrected chi connectivity index (χ4v) is 3.09. The largest absolute Gasteiger partial charge is 0.394 e. The molecule has 1 N–H and O–H groups in total. The molecular weight excluding hydrogens is 236 g/mol. The van der Waals surface area contributed by atoms with Crippen molar-refractivity contribution < 1.29 is 9.84 Å². The van der Waals surface area contributed by atoms with E-state index in [2.05, 4.69) is 58.9 Å². The lowest BCUT2D eigenvalue weighted by atomic mass is 9.75. The number of rotatable bonds is 7. The summed E-state index contributed by atoms with van der Waals surface area (Å²) >= 11 is 0. The summed E-state index contributed by atoms with van der Waals surface area (Å²) in [5, 5.41) is 9.00. The molecule has 19 heavy (non-hydrogen) atoms. The maximum Gasteiger partial charge on any atom is 0.0705 e. The second kappa shape index (κ2) is 7.06. The Kier molecular flexibility index (Phi) is 6.02. The zero-order valence-electron chi connectivity index (χ0n) is 12.9. The molecule has 2 heteroatoms. The summed E-state index contributed by atoms with van der Waals surface area (Å²) in [5.74, 6) is 0.816. The third kappa shape index (κ3) is 4.05. The van der Waals surface area contributed by atoms with E-state index in [0.717, 1.165) is 6.42 Å². The van der Waals surface area contributed by atoms with Crippen LogP contribution in [-0.2, 0) is 11.2 Å². The minimum absolute atomic E-state index is 0.0731. The molecule has 1 atom stereocenters. The van der Waals surface area contributed by atoms with Gasteiger partial charge in [-0.1, -0.05) is 45.0 Å². The Balaban J connectivity index is 3.13. The maximum atomic E-state index is 9.00. The average Bonchev–Trinajstić information content (AvgIpc) is 2.36. The highest BCUT2D eigenvalue weighted by Crippen LogP contribution is 2.38. The van der Waals surface area contributed by atoms with Crippen molar-refractivity contribution in [2.45, 2.75) is 52.6 Å². The minimum atomic E-state index is -0.276. The Morgan fingerprint density at radius 3 is 2.37 bits per heavy atom. The average molecular weight is 264 g/mol. The Morgan fingerprint density at radius 2 is 1.84 bits per heavy atom. The molecule has 1 unspecified atom stereocenters. The van der Waals surface area contributed by atoms with Crippen molar-refractivity contribution in [1.82, 2.24) is 0 Å². The monoisotopic (exact) mass is 264 g/mol. The fourth-order valence-electron chi connectivity index (χ4n) is 3.09. The molecule has 1 aromatic carbocycles.